The summed E-state index contributed by atoms with van der Waals surface area (Å²) in [6.45, 7) is 3.95. The Labute approximate surface area is 135 Å². The summed E-state index contributed by atoms with van der Waals surface area (Å²) in [5.41, 5.74) is 7.20. The van der Waals surface area contributed by atoms with Crippen LogP contribution in [0.15, 0.2) is 47.3 Å². The number of nitrogens with two attached hydrogens (primary N) is 1. The summed E-state index contributed by atoms with van der Waals surface area (Å²) in [6, 6.07) is 5.57. The molecule has 0 bridgehead atoms. The van der Waals surface area contributed by atoms with Gasteiger partial charge in [0.2, 0.25) is 5.88 Å². The fraction of sp³-hybridized carbons (Fsp3) is 0.353. The summed E-state index contributed by atoms with van der Waals surface area (Å²) in [7, 11) is 0. The van der Waals surface area contributed by atoms with E-state index in [0.717, 1.165) is 12.0 Å². The van der Waals surface area contributed by atoms with E-state index in [1.165, 1.54) is 0 Å². The molecule has 0 spiro atoms. The summed E-state index contributed by atoms with van der Waals surface area (Å²) < 4.78 is 10.7. The molecule has 1 unspecified atom stereocenters. The van der Waals surface area contributed by atoms with E-state index >= 15 is 0 Å². The predicted molar refractivity (Wildman–Crippen MR) is 83.5 cm³/mol. The number of pyridine rings is 1. The highest BCUT2D eigenvalue weighted by atomic mass is 16.5. The molecule has 1 atom stereocenters. The van der Waals surface area contributed by atoms with E-state index < -0.39 is 11.9 Å². The number of hydrogen-bond acceptors (Lipinski definition) is 6. The Morgan fingerprint density at radius 3 is 2.70 bits per heavy atom. The molecule has 0 saturated carbocycles. The third-order valence-corrected chi connectivity index (χ3v) is 3.51. The number of carbonyl (C=O) groups is 1. The van der Waals surface area contributed by atoms with E-state index in [4.69, 9.17) is 15.2 Å². The van der Waals surface area contributed by atoms with Gasteiger partial charge in [0.05, 0.1) is 18.1 Å². The van der Waals surface area contributed by atoms with E-state index in [0.29, 0.717) is 17.8 Å². The Bertz CT molecular complexity index is 687. The summed E-state index contributed by atoms with van der Waals surface area (Å²) >= 11 is 0. The number of hydrogen-bond donors (Lipinski definition) is 1. The first-order chi connectivity index (χ1) is 11.1. The van der Waals surface area contributed by atoms with Crippen LogP contribution >= 0.6 is 0 Å². The molecule has 120 valence electrons. The van der Waals surface area contributed by atoms with Crippen LogP contribution in [0.1, 0.15) is 38.2 Å². The number of aromatic nitrogens is 1. The average molecular weight is 313 g/mol. The van der Waals surface area contributed by atoms with Crippen molar-refractivity contribution in [3.05, 3.63) is 52.9 Å². The highest BCUT2D eigenvalue weighted by Gasteiger charge is 2.37. The topological polar surface area (TPSA) is 98.2 Å². The van der Waals surface area contributed by atoms with E-state index in [1.807, 2.05) is 6.92 Å². The Morgan fingerprint density at radius 2 is 2.13 bits per heavy atom. The molecule has 0 radical (unpaired) electrons. The number of allylic oxidation sites excluding steroid dienone is 2. The van der Waals surface area contributed by atoms with Crippen LogP contribution in [0, 0.1) is 11.3 Å². The summed E-state index contributed by atoms with van der Waals surface area (Å²) in [5, 5.41) is 9.48. The fourth-order valence-corrected chi connectivity index (χ4v) is 2.55. The molecular formula is C17H19N3O3. The maximum absolute atomic E-state index is 12.5. The Balaban J connectivity index is 2.62. The molecule has 1 aliphatic heterocycles. The maximum atomic E-state index is 12.5. The van der Waals surface area contributed by atoms with Crippen molar-refractivity contribution in [3.63, 3.8) is 0 Å². The van der Waals surface area contributed by atoms with Crippen LogP contribution < -0.4 is 5.73 Å². The van der Waals surface area contributed by atoms with Crippen LogP contribution in [-0.4, -0.2) is 17.6 Å². The van der Waals surface area contributed by atoms with Gasteiger partial charge in [-0.15, -0.1) is 0 Å². The van der Waals surface area contributed by atoms with Crippen molar-refractivity contribution in [2.75, 3.05) is 6.61 Å². The smallest absolute Gasteiger partial charge is 0.338 e. The first kappa shape index (κ1) is 16.6. The molecule has 1 aromatic rings. The number of rotatable bonds is 5. The average Bonchev–Trinajstić information content (AvgIpc) is 2.55. The normalized spacial score (nSPS) is 17.5. The van der Waals surface area contributed by atoms with Gasteiger partial charge in [0, 0.05) is 18.8 Å². The molecule has 2 N–H and O–H groups in total. The predicted octanol–water partition coefficient (Wildman–Crippen LogP) is 2.51. The van der Waals surface area contributed by atoms with E-state index in [9.17, 15) is 10.1 Å². The molecule has 0 aromatic carbocycles. The highest BCUT2D eigenvalue weighted by molar-refractivity contribution is 5.92. The number of nitriles is 1. The monoisotopic (exact) mass is 313 g/mol. The molecule has 23 heavy (non-hydrogen) atoms. The van der Waals surface area contributed by atoms with Crippen LogP contribution in [0.2, 0.25) is 0 Å². The molecule has 2 heterocycles. The van der Waals surface area contributed by atoms with Crippen molar-refractivity contribution in [1.29, 1.82) is 5.26 Å². The maximum Gasteiger partial charge on any atom is 0.338 e. The fourth-order valence-electron chi connectivity index (χ4n) is 2.55. The van der Waals surface area contributed by atoms with Gasteiger partial charge >= 0.3 is 5.97 Å². The molecule has 0 fully saturated rings. The third kappa shape index (κ3) is 3.34. The van der Waals surface area contributed by atoms with Crippen LogP contribution in [-0.2, 0) is 14.3 Å². The van der Waals surface area contributed by atoms with Crippen LogP contribution in [0.3, 0.4) is 0 Å². The minimum atomic E-state index is -0.600. The van der Waals surface area contributed by atoms with Crippen molar-refractivity contribution >= 4 is 5.97 Å². The Morgan fingerprint density at radius 1 is 1.43 bits per heavy atom. The Hall–Kier alpha value is -2.81. The van der Waals surface area contributed by atoms with Gasteiger partial charge in [0.1, 0.15) is 17.4 Å². The standard InChI is InChI=1S/C17H19N3O3/c1-3-5-13-15(17(21)22-4-2)14(11-6-8-20-9-7-11)12(10-18)16(19)23-13/h6-9,14H,3-5,19H2,1-2H3. The first-order valence-corrected chi connectivity index (χ1v) is 7.51. The van der Waals surface area contributed by atoms with Gasteiger partial charge in [-0.05, 0) is 31.0 Å². The molecule has 1 aliphatic rings. The zero-order chi connectivity index (χ0) is 16.8. The van der Waals surface area contributed by atoms with Gasteiger partial charge in [-0.1, -0.05) is 6.92 Å². The summed E-state index contributed by atoms with van der Waals surface area (Å²) in [6.07, 6.45) is 4.53. The number of ether oxygens (including phenoxy) is 2. The molecule has 0 aliphatic carbocycles. The van der Waals surface area contributed by atoms with Crippen LogP contribution in [0.4, 0.5) is 0 Å². The van der Waals surface area contributed by atoms with Crippen LogP contribution in [0.25, 0.3) is 0 Å². The lowest BCUT2D eigenvalue weighted by Gasteiger charge is -2.28. The van der Waals surface area contributed by atoms with E-state index in [-0.39, 0.29) is 18.1 Å². The van der Waals surface area contributed by atoms with Gasteiger partial charge in [-0.3, -0.25) is 4.98 Å². The number of carbonyl (C=O) groups excluding carboxylic acids is 1. The van der Waals surface area contributed by atoms with Crippen LogP contribution in [0.5, 0.6) is 0 Å². The first-order valence-electron chi connectivity index (χ1n) is 7.51. The van der Waals surface area contributed by atoms with Crippen molar-refractivity contribution in [2.24, 2.45) is 5.73 Å². The highest BCUT2D eigenvalue weighted by Crippen LogP contribution is 2.40. The van der Waals surface area contributed by atoms with Gasteiger partial charge in [0.25, 0.3) is 0 Å². The lowest BCUT2D eigenvalue weighted by Crippen LogP contribution is -2.26. The third-order valence-electron chi connectivity index (χ3n) is 3.51. The summed E-state index contributed by atoms with van der Waals surface area (Å²) in [5.74, 6) is -0.592. The van der Waals surface area contributed by atoms with Crippen molar-refractivity contribution in [1.82, 2.24) is 4.98 Å². The number of esters is 1. The molecule has 6 nitrogen and oxygen atoms in total. The van der Waals surface area contributed by atoms with Gasteiger partial charge < -0.3 is 15.2 Å². The minimum Gasteiger partial charge on any atom is -0.463 e. The second-order valence-electron chi connectivity index (χ2n) is 5.01. The van der Waals surface area contributed by atoms with Gasteiger partial charge in [-0.25, -0.2) is 4.79 Å². The van der Waals surface area contributed by atoms with Crippen molar-refractivity contribution in [3.8, 4) is 6.07 Å². The van der Waals surface area contributed by atoms with Gasteiger partial charge in [-0.2, -0.15) is 5.26 Å². The van der Waals surface area contributed by atoms with Crippen molar-refractivity contribution < 1.29 is 14.3 Å². The molecular weight excluding hydrogens is 294 g/mol. The molecule has 0 amide bonds. The van der Waals surface area contributed by atoms with Gasteiger partial charge in [0.15, 0.2) is 0 Å². The quantitative estimate of drug-likeness (QED) is 0.839. The lowest BCUT2D eigenvalue weighted by molar-refractivity contribution is -0.139. The molecule has 0 saturated heterocycles. The Kier molecular flexibility index (Phi) is 5.36. The zero-order valence-electron chi connectivity index (χ0n) is 13.2. The summed E-state index contributed by atoms with van der Waals surface area (Å²) in [4.78, 5) is 16.5. The molecule has 6 heteroatoms. The lowest BCUT2D eigenvalue weighted by atomic mass is 9.83. The van der Waals surface area contributed by atoms with E-state index in [2.05, 4.69) is 11.1 Å². The SMILES string of the molecule is CCCC1=C(C(=O)OCC)C(c2ccncc2)C(C#N)=C(N)O1. The second-order valence-corrected chi connectivity index (χ2v) is 5.01. The van der Waals surface area contributed by atoms with E-state index in [1.54, 1.807) is 31.5 Å². The zero-order valence-corrected chi connectivity index (χ0v) is 13.2. The minimum absolute atomic E-state index is 0.0332. The largest absolute Gasteiger partial charge is 0.463 e. The number of nitrogens with zero attached hydrogens (tertiary/aromatic N) is 2. The molecule has 1 aromatic heterocycles. The van der Waals surface area contributed by atoms with Crippen molar-refractivity contribution in [2.45, 2.75) is 32.6 Å². The second kappa shape index (κ2) is 7.45. The molecule has 2 rings (SSSR count).